The summed E-state index contributed by atoms with van der Waals surface area (Å²) in [5.41, 5.74) is 12.0. The molecular weight excluding hydrogens is 615 g/mol. The Morgan fingerprint density at radius 1 is 0.380 bits per heavy atom. The molecule has 0 amide bonds. The SMILES string of the molecule is c1ccc(-c2cc(-c3ccc(-c4cccc5c4oc4ccccc45)c4c3oc3ccccc34)nc(-c3cccc(-c4ccncc4)c3)n2)cc1. The zero-order valence-electron chi connectivity index (χ0n) is 26.7. The first kappa shape index (κ1) is 28.2. The van der Waals surface area contributed by atoms with Gasteiger partial charge in [0.2, 0.25) is 0 Å². The van der Waals surface area contributed by atoms with Gasteiger partial charge in [0.25, 0.3) is 0 Å². The number of nitrogens with zero attached hydrogens (tertiary/aromatic N) is 3. The Bertz CT molecular complexity index is 2870. The molecule has 0 atom stereocenters. The molecule has 4 heterocycles. The standard InChI is InChI=1S/C45H27N3O2/c1-2-10-29(11-3-1)38-27-39(48-45(47-38)31-13-8-12-30(26-31)28-22-24-46-25-23-28)36-21-20-33(42-37-15-5-7-19-41(37)50-44(36)42)35-17-9-16-34-32-14-4-6-18-40(32)49-43(34)35/h1-27H. The normalized spacial score (nSPS) is 11.6. The molecule has 0 radical (unpaired) electrons. The van der Waals surface area contributed by atoms with E-state index in [0.717, 1.165) is 94.2 Å². The van der Waals surface area contributed by atoms with Crippen LogP contribution >= 0.6 is 0 Å². The van der Waals surface area contributed by atoms with Crippen molar-refractivity contribution in [1.29, 1.82) is 0 Å². The number of fused-ring (bicyclic) bond motifs is 6. The van der Waals surface area contributed by atoms with E-state index in [2.05, 4.69) is 96.0 Å². The van der Waals surface area contributed by atoms with Crippen molar-refractivity contribution in [2.45, 2.75) is 0 Å². The van der Waals surface area contributed by atoms with Crippen molar-refractivity contribution in [3.63, 3.8) is 0 Å². The van der Waals surface area contributed by atoms with Crippen LogP contribution in [0.5, 0.6) is 0 Å². The van der Waals surface area contributed by atoms with Crippen LogP contribution in [-0.2, 0) is 0 Å². The number of para-hydroxylation sites is 3. The van der Waals surface area contributed by atoms with E-state index >= 15 is 0 Å². The number of hydrogen-bond acceptors (Lipinski definition) is 5. The number of pyridine rings is 1. The van der Waals surface area contributed by atoms with Crippen molar-refractivity contribution in [1.82, 2.24) is 15.0 Å². The second-order valence-electron chi connectivity index (χ2n) is 12.4. The van der Waals surface area contributed by atoms with E-state index < -0.39 is 0 Å². The van der Waals surface area contributed by atoms with Gasteiger partial charge in [-0.1, -0.05) is 109 Å². The van der Waals surface area contributed by atoms with Gasteiger partial charge in [-0.3, -0.25) is 4.98 Å². The molecule has 0 aliphatic heterocycles. The molecule has 10 rings (SSSR count). The minimum atomic E-state index is 0.637. The molecular formula is C45H27N3O2. The molecule has 4 aromatic heterocycles. The van der Waals surface area contributed by atoms with Gasteiger partial charge < -0.3 is 8.83 Å². The van der Waals surface area contributed by atoms with Crippen LogP contribution in [0.15, 0.2) is 173 Å². The fourth-order valence-electron chi connectivity index (χ4n) is 7.07. The monoisotopic (exact) mass is 641 g/mol. The molecule has 10 aromatic rings. The zero-order valence-corrected chi connectivity index (χ0v) is 26.7. The number of aromatic nitrogens is 3. The zero-order chi connectivity index (χ0) is 33.0. The van der Waals surface area contributed by atoms with Gasteiger partial charge in [0.05, 0.1) is 11.4 Å². The van der Waals surface area contributed by atoms with Crippen molar-refractivity contribution >= 4 is 43.9 Å². The molecule has 5 heteroatoms. The summed E-state index contributed by atoms with van der Waals surface area (Å²) in [5.74, 6) is 0.637. The molecule has 50 heavy (non-hydrogen) atoms. The summed E-state index contributed by atoms with van der Waals surface area (Å²) in [4.78, 5) is 14.5. The van der Waals surface area contributed by atoms with E-state index in [1.54, 1.807) is 0 Å². The molecule has 0 aliphatic rings. The maximum absolute atomic E-state index is 6.74. The molecule has 0 N–H and O–H groups in total. The first-order chi connectivity index (χ1) is 24.8. The highest BCUT2D eigenvalue weighted by molar-refractivity contribution is 6.19. The van der Waals surface area contributed by atoms with Gasteiger partial charge in [-0.05, 0) is 59.2 Å². The Balaban J connectivity index is 1.22. The third-order valence-corrected chi connectivity index (χ3v) is 9.43. The molecule has 0 spiro atoms. The number of rotatable bonds is 5. The van der Waals surface area contributed by atoms with Crippen molar-refractivity contribution in [2.75, 3.05) is 0 Å². The topological polar surface area (TPSA) is 65.0 Å². The maximum atomic E-state index is 6.74. The summed E-state index contributed by atoms with van der Waals surface area (Å²) in [6.45, 7) is 0. The van der Waals surface area contributed by atoms with Gasteiger partial charge in [-0.25, -0.2) is 9.97 Å². The molecule has 0 saturated carbocycles. The number of furan rings is 2. The largest absolute Gasteiger partial charge is 0.455 e. The van der Waals surface area contributed by atoms with Crippen LogP contribution in [0.4, 0.5) is 0 Å². The van der Waals surface area contributed by atoms with E-state index in [0.29, 0.717) is 5.82 Å². The van der Waals surface area contributed by atoms with Gasteiger partial charge >= 0.3 is 0 Å². The molecule has 0 bridgehead atoms. The summed E-state index contributed by atoms with van der Waals surface area (Å²) in [5, 5.41) is 4.25. The van der Waals surface area contributed by atoms with Gasteiger partial charge in [-0.2, -0.15) is 0 Å². The van der Waals surface area contributed by atoms with Crippen LogP contribution in [0, 0.1) is 0 Å². The summed E-state index contributed by atoms with van der Waals surface area (Å²) < 4.78 is 13.2. The van der Waals surface area contributed by atoms with Crippen molar-refractivity contribution < 1.29 is 8.83 Å². The van der Waals surface area contributed by atoms with Gasteiger partial charge in [-0.15, -0.1) is 0 Å². The van der Waals surface area contributed by atoms with E-state index in [4.69, 9.17) is 18.8 Å². The lowest BCUT2D eigenvalue weighted by molar-refractivity contribution is 0.669. The molecule has 0 saturated heterocycles. The minimum absolute atomic E-state index is 0.637. The van der Waals surface area contributed by atoms with Gasteiger partial charge in [0, 0.05) is 56.2 Å². The fourth-order valence-corrected chi connectivity index (χ4v) is 7.07. The second kappa shape index (κ2) is 11.4. The van der Waals surface area contributed by atoms with Crippen LogP contribution < -0.4 is 0 Å². The molecule has 234 valence electrons. The lowest BCUT2D eigenvalue weighted by Gasteiger charge is -2.12. The maximum Gasteiger partial charge on any atom is 0.160 e. The molecule has 0 aliphatic carbocycles. The Morgan fingerprint density at radius 3 is 1.88 bits per heavy atom. The number of benzene rings is 6. The Kier molecular flexibility index (Phi) is 6.42. The molecule has 0 fully saturated rings. The van der Waals surface area contributed by atoms with E-state index in [1.807, 2.05) is 73.1 Å². The van der Waals surface area contributed by atoms with Crippen LogP contribution in [0.2, 0.25) is 0 Å². The summed E-state index contributed by atoms with van der Waals surface area (Å²) in [7, 11) is 0. The lowest BCUT2D eigenvalue weighted by atomic mass is 9.94. The fraction of sp³-hybridized carbons (Fsp3) is 0. The summed E-state index contributed by atoms with van der Waals surface area (Å²) in [6.07, 6.45) is 3.62. The van der Waals surface area contributed by atoms with Crippen LogP contribution in [0.3, 0.4) is 0 Å². The van der Waals surface area contributed by atoms with Gasteiger partial charge in [0.1, 0.15) is 22.3 Å². The van der Waals surface area contributed by atoms with Crippen LogP contribution in [-0.4, -0.2) is 15.0 Å². The Morgan fingerprint density at radius 2 is 1.02 bits per heavy atom. The molecule has 5 nitrogen and oxygen atoms in total. The van der Waals surface area contributed by atoms with E-state index in [-0.39, 0.29) is 0 Å². The summed E-state index contributed by atoms with van der Waals surface area (Å²) >= 11 is 0. The predicted molar refractivity (Wildman–Crippen MR) is 202 cm³/mol. The highest BCUT2D eigenvalue weighted by atomic mass is 16.3. The number of hydrogen-bond donors (Lipinski definition) is 0. The minimum Gasteiger partial charge on any atom is -0.455 e. The quantitative estimate of drug-likeness (QED) is 0.187. The first-order valence-electron chi connectivity index (χ1n) is 16.6. The summed E-state index contributed by atoms with van der Waals surface area (Å²) in [6, 6.07) is 51.7. The van der Waals surface area contributed by atoms with E-state index in [1.165, 1.54) is 0 Å². The highest BCUT2D eigenvalue weighted by Crippen LogP contribution is 2.45. The van der Waals surface area contributed by atoms with Crippen LogP contribution in [0.25, 0.3) is 100 Å². The third kappa shape index (κ3) is 4.60. The third-order valence-electron chi connectivity index (χ3n) is 9.43. The van der Waals surface area contributed by atoms with Crippen molar-refractivity contribution in [3.05, 3.63) is 164 Å². The van der Waals surface area contributed by atoms with Gasteiger partial charge in [0.15, 0.2) is 5.82 Å². The average molecular weight is 642 g/mol. The Labute approximate surface area is 287 Å². The smallest absolute Gasteiger partial charge is 0.160 e. The highest BCUT2D eigenvalue weighted by Gasteiger charge is 2.22. The second-order valence-corrected chi connectivity index (χ2v) is 12.4. The van der Waals surface area contributed by atoms with Crippen molar-refractivity contribution in [2.24, 2.45) is 0 Å². The predicted octanol–water partition coefficient (Wildman–Crippen LogP) is 12.0. The lowest BCUT2D eigenvalue weighted by Crippen LogP contribution is -1.96. The Hall–Kier alpha value is -6.85. The molecule has 6 aromatic carbocycles. The van der Waals surface area contributed by atoms with Crippen molar-refractivity contribution in [3.8, 4) is 56.2 Å². The molecule has 0 unspecified atom stereocenters. The average Bonchev–Trinajstić information content (AvgIpc) is 3.77. The van der Waals surface area contributed by atoms with E-state index in [9.17, 15) is 0 Å². The van der Waals surface area contributed by atoms with Crippen LogP contribution in [0.1, 0.15) is 0 Å². The first-order valence-corrected chi connectivity index (χ1v) is 16.6.